The maximum Gasteiger partial charge on any atom is 0.280 e. The molecule has 0 amide bonds. The van der Waals surface area contributed by atoms with Gasteiger partial charge in [0.15, 0.2) is 23.2 Å². The Kier molecular flexibility index (Phi) is 3.44. The van der Waals surface area contributed by atoms with Crippen LogP contribution in [0.25, 0.3) is 21.6 Å². The lowest BCUT2D eigenvalue weighted by Gasteiger charge is -2.24. The zero-order valence-electron chi connectivity index (χ0n) is 13.5. The minimum absolute atomic E-state index is 0.0247. The molecular weight excluding hydrogens is 332 g/mol. The smallest absolute Gasteiger partial charge is 0.280 e. The van der Waals surface area contributed by atoms with Gasteiger partial charge in [0.25, 0.3) is 5.56 Å². The highest BCUT2D eigenvalue weighted by Crippen LogP contribution is 2.43. The van der Waals surface area contributed by atoms with Gasteiger partial charge in [-0.1, -0.05) is 5.11 Å². The third-order valence-electron chi connectivity index (χ3n) is 4.17. The Morgan fingerprint density at radius 3 is 3.00 bits per heavy atom. The maximum absolute atomic E-state index is 12.0. The molecule has 0 aliphatic carbocycles. The Labute approximate surface area is 140 Å². The van der Waals surface area contributed by atoms with Gasteiger partial charge in [0.1, 0.15) is 12.2 Å². The van der Waals surface area contributed by atoms with E-state index in [1.807, 2.05) is 0 Å². The minimum Gasteiger partial charge on any atom is -0.369 e. The van der Waals surface area contributed by atoms with Crippen LogP contribution in [0.2, 0.25) is 0 Å². The molecule has 0 aromatic carbocycles. The Hall–Kier alpha value is -2.66. The van der Waals surface area contributed by atoms with Crippen molar-refractivity contribution in [2.45, 2.75) is 44.2 Å². The van der Waals surface area contributed by atoms with Crippen molar-refractivity contribution in [3.8, 4) is 0 Å². The number of ether oxygens (including phenoxy) is 3. The fourth-order valence-electron chi connectivity index (χ4n) is 3.28. The number of nitrogens with one attached hydrogen (secondary N) is 1. The zero-order valence-corrected chi connectivity index (χ0v) is 13.5. The quantitative estimate of drug-likeness (QED) is 0.460. The predicted octanol–water partition coefficient (Wildman–Crippen LogP) is 0.430. The van der Waals surface area contributed by atoms with Crippen LogP contribution in [0.5, 0.6) is 0 Å². The number of nitrogens with zero attached hydrogens (tertiary/aromatic N) is 6. The predicted molar refractivity (Wildman–Crippen MR) is 84.3 cm³/mol. The highest BCUT2D eigenvalue weighted by Gasteiger charge is 2.55. The summed E-state index contributed by atoms with van der Waals surface area (Å²) in [5.74, 6) is -0.838. The first kappa shape index (κ1) is 15.8. The molecule has 3 N–H and O–H groups in total. The average molecular weight is 348 g/mol. The van der Waals surface area contributed by atoms with Crippen LogP contribution in [0.4, 0.5) is 5.95 Å². The highest BCUT2D eigenvalue weighted by atomic mass is 16.8. The van der Waals surface area contributed by atoms with Crippen LogP contribution in [-0.4, -0.2) is 50.2 Å². The van der Waals surface area contributed by atoms with E-state index in [2.05, 4.69) is 25.0 Å². The largest absolute Gasteiger partial charge is 0.369 e. The van der Waals surface area contributed by atoms with Gasteiger partial charge in [-0.2, -0.15) is 4.98 Å². The second kappa shape index (κ2) is 5.43. The fraction of sp³-hybridized carbons (Fsp3) is 0.615. The van der Waals surface area contributed by atoms with E-state index in [4.69, 9.17) is 25.5 Å². The molecule has 4 rings (SSSR count). The first-order valence-corrected chi connectivity index (χ1v) is 7.64. The van der Waals surface area contributed by atoms with Gasteiger partial charge in [-0.05, 0) is 19.4 Å². The number of azide groups is 1. The van der Waals surface area contributed by atoms with E-state index >= 15 is 0 Å². The first-order chi connectivity index (χ1) is 11.9. The molecule has 2 saturated heterocycles. The molecule has 2 fully saturated rings. The lowest BCUT2D eigenvalue weighted by Crippen LogP contribution is -2.31. The van der Waals surface area contributed by atoms with Crippen molar-refractivity contribution >= 4 is 17.1 Å². The topological polar surface area (TPSA) is 166 Å². The van der Waals surface area contributed by atoms with Gasteiger partial charge in [0.05, 0.1) is 19.0 Å². The number of nitrogens with two attached hydrogens (primary N) is 1. The summed E-state index contributed by atoms with van der Waals surface area (Å²) in [6.45, 7) is 3.68. The monoisotopic (exact) mass is 348 g/mol. The van der Waals surface area contributed by atoms with E-state index in [1.165, 1.54) is 6.33 Å². The molecule has 12 nitrogen and oxygen atoms in total. The fourth-order valence-corrected chi connectivity index (χ4v) is 3.28. The summed E-state index contributed by atoms with van der Waals surface area (Å²) in [6.07, 6.45) is -0.608. The third-order valence-corrected chi connectivity index (χ3v) is 4.17. The molecule has 2 aromatic heterocycles. The number of hydrogen-bond donors (Lipinski definition) is 2. The number of aromatic nitrogens is 4. The number of hydrogen-bond acceptors (Lipinski definition) is 8. The Balaban J connectivity index is 1.77. The van der Waals surface area contributed by atoms with Crippen molar-refractivity contribution in [1.82, 2.24) is 19.5 Å². The number of H-pyrrole nitrogens is 1. The van der Waals surface area contributed by atoms with Crippen LogP contribution in [0.3, 0.4) is 0 Å². The van der Waals surface area contributed by atoms with Gasteiger partial charge in [-0.25, -0.2) is 4.98 Å². The second-order valence-electron chi connectivity index (χ2n) is 6.32. The normalized spacial score (nSPS) is 30.3. The molecule has 0 bridgehead atoms. The lowest BCUT2D eigenvalue weighted by molar-refractivity contribution is -0.195. The molecule has 25 heavy (non-hydrogen) atoms. The van der Waals surface area contributed by atoms with E-state index in [9.17, 15) is 4.79 Å². The number of imidazole rings is 1. The summed E-state index contributed by atoms with van der Waals surface area (Å²) in [7, 11) is 0. The molecule has 132 valence electrons. The SMILES string of the molecule is CC1(C)OC2C(CN=[N+]=[N-])OC(n3cnc4c(=O)[nH]c(N)nc43)C2O1. The van der Waals surface area contributed by atoms with Gasteiger partial charge < -0.3 is 19.9 Å². The molecule has 2 aromatic rings. The summed E-state index contributed by atoms with van der Waals surface area (Å²) >= 11 is 0. The Morgan fingerprint density at radius 1 is 1.48 bits per heavy atom. The van der Waals surface area contributed by atoms with Crippen LogP contribution in [-0.2, 0) is 14.2 Å². The molecule has 0 saturated carbocycles. The summed E-state index contributed by atoms with van der Waals surface area (Å²) < 4.78 is 19.4. The average Bonchev–Trinajstić information content (AvgIpc) is 3.16. The summed E-state index contributed by atoms with van der Waals surface area (Å²) in [6, 6.07) is 0. The maximum atomic E-state index is 12.0. The van der Waals surface area contributed by atoms with Crippen LogP contribution in [0, 0.1) is 0 Å². The number of nitrogen functional groups attached to an aromatic ring is 1. The van der Waals surface area contributed by atoms with Crippen molar-refractivity contribution < 1.29 is 14.2 Å². The molecule has 4 heterocycles. The molecule has 4 atom stereocenters. The van der Waals surface area contributed by atoms with E-state index in [-0.39, 0.29) is 23.7 Å². The summed E-state index contributed by atoms with van der Waals surface area (Å²) in [5.41, 5.74) is 14.2. The van der Waals surface area contributed by atoms with Gasteiger partial charge in [-0.15, -0.1) is 0 Å². The van der Waals surface area contributed by atoms with Gasteiger partial charge in [0.2, 0.25) is 5.95 Å². The molecule has 2 aliphatic heterocycles. The number of rotatable bonds is 3. The van der Waals surface area contributed by atoms with Crippen molar-refractivity contribution in [3.05, 3.63) is 27.1 Å². The van der Waals surface area contributed by atoms with Crippen LogP contribution in [0.15, 0.2) is 16.2 Å². The van der Waals surface area contributed by atoms with Gasteiger partial charge >= 0.3 is 0 Å². The second-order valence-corrected chi connectivity index (χ2v) is 6.32. The van der Waals surface area contributed by atoms with Crippen LogP contribution < -0.4 is 11.3 Å². The van der Waals surface area contributed by atoms with Crippen molar-refractivity contribution in [2.75, 3.05) is 12.3 Å². The number of anilines is 1. The molecule has 12 heteroatoms. The molecular formula is C13H16N8O4. The number of aromatic amines is 1. The van der Waals surface area contributed by atoms with Crippen molar-refractivity contribution in [3.63, 3.8) is 0 Å². The lowest BCUT2D eigenvalue weighted by atomic mass is 10.1. The van der Waals surface area contributed by atoms with Gasteiger partial charge in [-0.3, -0.25) is 14.3 Å². The van der Waals surface area contributed by atoms with E-state index < -0.39 is 35.9 Å². The summed E-state index contributed by atoms with van der Waals surface area (Å²) in [4.78, 5) is 25.4. The Morgan fingerprint density at radius 2 is 2.24 bits per heavy atom. The molecule has 2 aliphatic rings. The van der Waals surface area contributed by atoms with E-state index in [0.29, 0.717) is 0 Å². The van der Waals surface area contributed by atoms with Crippen molar-refractivity contribution in [2.24, 2.45) is 5.11 Å². The first-order valence-electron chi connectivity index (χ1n) is 7.64. The molecule has 0 spiro atoms. The van der Waals surface area contributed by atoms with Crippen LogP contribution in [0.1, 0.15) is 20.1 Å². The minimum atomic E-state index is -0.813. The third kappa shape index (κ3) is 2.51. The molecule has 0 radical (unpaired) electrons. The highest BCUT2D eigenvalue weighted by molar-refractivity contribution is 5.70. The van der Waals surface area contributed by atoms with Crippen LogP contribution >= 0.6 is 0 Å². The Bertz CT molecular complexity index is 930. The van der Waals surface area contributed by atoms with Crippen molar-refractivity contribution in [1.29, 1.82) is 0 Å². The summed E-state index contributed by atoms with van der Waals surface area (Å²) in [5, 5.41) is 3.57. The number of fused-ring (bicyclic) bond motifs is 2. The van der Waals surface area contributed by atoms with E-state index in [0.717, 1.165) is 0 Å². The van der Waals surface area contributed by atoms with Gasteiger partial charge in [0, 0.05) is 4.91 Å². The zero-order chi connectivity index (χ0) is 17.8. The standard InChI is InChI=1S/C13H16N8O4/c1-13(2)24-7-5(3-17-20-15)23-11(8(7)25-13)21-4-16-6-9(21)18-12(14)19-10(6)22/h4-5,7-8,11H,3H2,1-2H3,(H3,14,18,19,22). The molecule has 4 unspecified atom stereocenters. The van der Waals surface area contributed by atoms with E-state index in [1.54, 1.807) is 18.4 Å².